The largest absolute Gasteiger partial charge is 0.390 e. The van der Waals surface area contributed by atoms with Crippen LogP contribution in [0, 0.1) is 11.8 Å². The van der Waals surface area contributed by atoms with Gasteiger partial charge in [0, 0.05) is 36.1 Å². The second-order valence-electron chi connectivity index (χ2n) is 8.06. The number of hydrogen-bond donors (Lipinski definition) is 1. The maximum Gasteiger partial charge on any atom is 0.0694 e. The predicted molar refractivity (Wildman–Crippen MR) is 108 cm³/mol. The van der Waals surface area contributed by atoms with Crippen molar-refractivity contribution < 1.29 is 5.11 Å². The molecule has 0 radical (unpaired) electrons. The summed E-state index contributed by atoms with van der Waals surface area (Å²) in [4.78, 5) is 2.53. The molecule has 0 bridgehead atoms. The first-order valence-corrected chi connectivity index (χ1v) is 10.2. The van der Waals surface area contributed by atoms with Gasteiger partial charge in [-0.15, -0.1) is 0 Å². The van der Waals surface area contributed by atoms with Crippen LogP contribution in [0.3, 0.4) is 0 Å². The maximum atomic E-state index is 11.1. The fraction of sp³-hybridized carbons (Fsp3) is 0.455. The molecule has 1 aliphatic heterocycles. The molecule has 26 heavy (non-hydrogen) atoms. The smallest absolute Gasteiger partial charge is 0.0694 e. The third kappa shape index (κ3) is 4.09. The lowest BCUT2D eigenvalue weighted by atomic mass is 9.91. The Balaban J connectivity index is 1.30. The lowest BCUT2D eigenvalue weighted by Crippen LogP contribution is -2.32. The summed E-state index contributed by atoms with van der Waals surface area (Å²) in [5.41, 5.74) is 1.88. The molecule has 2 fully saturated rings. The van der Waals surface area contributed by atoms with E-state index in [2.05, 4.69) is 29.2 Å². The van der Waals surface area contributed by atoms with Crippen molar-refractivity contribution in [3.63, 3.8) is 0 Å². The highest BCUT2D eigenvalue weighted by Crippen LogP contribution is 2.45. The van der Waals surface area contributed by atoms with Gasteiger partial charge in [-0.2, -0.15) is 0 Å². The SMILES string of the molecule is O[C@@]1(Cc2ccccc2)C[C@H]2CN(CCc3ccc(Cl)cc3Cl)C[C@H]2C1. The lowest BCUT2D eigenvalue weighted by Gasteiger charge is -2.26. The van der Waals surface area contributed by atoms with Gasteiger partial charge >= 0.3 is 0 Å². The molecule has 2 aromatic rings. The molecule has 1 saturated carbocycles. The van der Waals surface area contributed by atoms with E-state index in [9.17, 15) is 5.11 Å². The third-order valence-electron chi connectivity index (χ3n) is 6.02. The van der Waals surface area contributed by atoms with Gasteiger partial charge in [0.15, 0.2) is 0 Å². The Kier molecular flexibility index (Phi) is 5.29. The van der Waals surface area contributed by atoms with Crippen LogP contribution < -0.4 is 0 Å². The minimum atomic E-state index is -0.526. The molecular weight excluding hydrogens is 365 g/mol. The summed E-state index contributed by atoms with van der Waals surface area (Å²) < 4.78 is 0. The van der Waals surface area contributed by atoms with Gasteiger partial charge in [0.2, 0.25) is 0 Å². The summed E-state index contributed by atoms with van der Waals surface area (Å²) in [5, 5.41) is 12.5. The number of benzene rings is 2. The first-order valence-electron chi connectivity index (χ1n) is 9.43. The number of halogens is 2. The highest BCUT2D eigenvalue weighted by Gasteiger charge is 2.47. The van der Waals surface area contributed by atoms with Crippen molar-refractivity contribution in [2.75, 3.05) is 19.6 Å². The fourth-order valence-electron chi connectivity index (χ4n) is 4.86. The van der Waals surface area contributed by atoms with E-state index >= 15 is 0 Å². The molecule has 0 aromatic heterocycles. The molecule has 3 atom stereocenters. The molecule has 0 spiro atoms. The van der Waals surface area contributed by atoms with E-state index < -0.39 is 5.60 Å². The zero-order valence-corrected chi connectivity index (χ0v) is 16.4. The molecule has 2 nitrogen and oxygen atoms in total. The molecule has 0 unspecified atom stereocenters. The quantitative estimate of drug-likeness (QED) is 0.789. The average Bonchev–Trinajstić information content (AvgIpc) is 3.09. The van der Waals surface area contributed by atoms with Crippen LogP contribution in [-0.2, 0) is 12.8 Å². The summed E-state index contributed by atoms with van der Waals surface area (Å²) in [5.74, 6) is 1.23. The minimum absolute atomic E-state index is 0.526. The van der Waals surface area contributed by atoms with Crippen molar-refractivity contribution in [1.29, 1.82) is 0 Å². The molecule has 138 valence electrons. The van der Waals surface area contributed by atoms with Gasteiger partial charge in [-0.3, -0.25) is 0 Å². The summed E-state index contributed by atoms with van der Waals surface area (Å²) in [6, 6.07) is 16.1. The number of aliphatic hydroxyl groups is 1. The number of likely N-dealkylation sites (tertiary alicyclic amines) is 1. The second kappa shape index (κ2) is 7.52. The van der Waals surface area contributed by atoms with E-state index in [0.717, 1.165) is 55.9 Å². The standard InChI is InChI=1S/C22H25Cl2NO/c23-20-7-6-17(21(24)10-20)8-9-25-14-18-12-22(26,13-19(18)15-25)11-16-4-2-1-3-5-16/h1-7,10,18-19,26H,8-9,11-15H2/t18-,19+,22-. The van der Waals surface area contributed by atoms with E-state index in [1.165, 1.54) is 5.56 Å². The molecule has 2 aromatic carbocycles. The van der Waals surface area contributed by atoms with E-state index in [1.54, 1.807) is 0 Å². The van der Waals surface area contributed by atoms with E-state index in [4.69, 9.17) is 23.2 Å². The molecular formula is C22H25Cl2NO. The third-order valence-corrected chi connectivity index (χ3v) is 6.61. The summed E-state index contributed by atoms with van der Waals surface area (Å²) in [7, 11) is 0. The lowest BCUT2D eigenvalue weighted by molar-refractivity contribution is 0.0355. The Labute approximate surface area is 165 Å². The van der Waals surface area contributed by atoms with Crippen LogP contribution in [0.2, 0.25) is 10.0 Å². The van der Waals surface area contributed by atoms with Crippen LogP contribution in [0.15, 0.2) is 48.5 Å². The van der Waals surface area contributed by atoms with Gasteiger partial charge in [0.05, 0.1) is 5.60 Å². The Morgan fingerprint density at radius 1 is 1.00 bits per heavy atom. The van der Waals surface area contributed by atoms with E-state index in [1.807, 2.05) is 24.3 Å². The van der Waals surface area contributed by atoms with Crippen LogP contribution in [0.25, 0.3) is 0 Å². The van der Waals surface area contributed by atoms with Crippen molar-refractivity contribution in [3.05, 3.63) is 69.7 Å². The van der Waals surface area contributed by atoms with Crippen molar-refractivity contribution in [2.24, 2.45) is 11.8 Å². The number of hydrogen-bond acceptors (Lipinski definition) is 2. The summed E-state index contributed by atoms with van der Waals surface area (Å²) >= 11 is 12.3. The predicted octanol–water partition coefficient (Wildman–Crippen LogP) is 4.85. The van der Waals surface area contributed by atoms with Crippen molar-refractivity contribution >= 4 is 23.2 Å². The maximum absolute atomic E-state index is 11.1. The molecule has 1 N–H and O–H groups in total. The van der Waals surface area contributed by atoms with Crippen LogP contribution in [0.5, 0.6) is 0 Å². The minimum Gasteiger partial charge on any atom is -0.390 e. The van der Waals surface area contributed by atoms with Crippen molar-refractivity contribution in [1.82, 2.24) is 4.90 Å². The van der Waals surface area contributed by atoms with Crippen LogP contribution >= 0.6 is 23.2 Å². The van der Waals surface area contributed by atoms with E-state index in [-0.39, 0.29) is 0 Å². The van der Waals surface area contributed by atoms with Gasteiger partial charge in [-0.25, -0.2) is 0 Å². The number of fused-ring (bicyclic) bond motifs is 1. The Morgan fingerprint density at radius 3 is 2.35 bits per heavy atom. The van der Waals surface area contributed by atoms with Gasteiger partial charge < -0.3 is 10.0 Å². The molecule has 2 aliphatic rings. The highest BCUT2D eigenvalue weighted by atomic mass is 35.5. The average molecular weight is 390 g/mol. The number of nitrogens with zero attached hydrogens (tertiary/aromatic N) is 1. The van der Waals surface area contributed by atoms with Crippen LogP contribution in [0.1, 0.15) is 24.0 Å². The Bertz CT molecular complexity index is 750. The van der Waals surface area contributed by atoms with Crippen molar-refractivity contribution in [2.45, 2.75) is 31.3 Å². The Hall–Kier alpha value is -1.06. The van der Waals surface area contributed by atoms with Gasteiger partial charge in [0.25, 0.3) is 0 Å². The molecule has 1 heterocycles. The van der Waals surface area contributed by atoms with Crippen LogP contribution in [0.4, 0.5) is 0 Å². The van der Waals surface area contributed by atoms with Gasteiger partial charge in [0.1, 0.15) is 0 Å². The topological polar surface area (TPSA) is 23.5 Å². The molecule has 0 amide bonds. The van der Waals surface area contributed by atoms with Crippen LogP contribution in [-0.4, -0.2) is 35.2 Å². The molecule has 1 saturated heterocycles. The normalized spacial score (nSPS) is 28.4. The zero-order valence-electron chi connectivity index (χ0n) is 14.9. The Morgan fingerprint density at radius 2 is 1.69 bits per heavy atom. The summed E-state index contributed by atoms with van der Waals surface area (Å²) in [6.07, 6.45) is 3.57. The first kappa shape index (κ1) is 18.3. The molecule has 4 heteroatoms. The summed E-state index contributed by atoms with van der Waals surface area (Å²) in [6.45, 7) is 3.20. The monoisotopic (exact) mass is 389 g/mol. The zero-order chi connectivity index (χ0) is 18.1. The highest BCUT2D eigenvalue weighted by molar-refractivity contribution is 6.35. The van der Waals surface area contributed by atoms with Gasteiger partial charge in [-0.05, 0) is 54.4 Å². The van der Waals surface area contributed by atoms with E-state index in [0.29, 0.717) is 16.9 Å². The van der Waals surface area contributed by atoms with Gasteiger partial charge in [-0.1, -0.05) is 59.6 Å². The van der Waals surface area contributed by atoms with Crippen molar-refractivity contribution in [3.8, 4) is 0 Å². The molecule has 1 aliphatic carbocycles. The number of rotatable bonds is 5. The fourth-order valence-corrected chi connectivity index (χ4v) is 5.37. The second-order valence-corrected chi connectivity index (χ2v) is 8.90. The first-order chi connectivity index (χ1) is 12.5. The molecule has 4 rings (SSSR count).